The SMILES string of the molecule is CCOC(=O)CCC1=C(C)/C2=C/C3N=C(/C=C4N=C(/C=c5\[n-]/c(c(C)c5CCC(=O)OCC)=C\C1=N2)C(C)=C\4CCC(=O)OCC)C(C)=C3CCC(=O)OCC.[Pt]. The zero-order chi connectivity index (χ0) is 40.5. The number of nitrogens with zero attached hydrogens (tertiary/aromatic N) is 4. The third-order valence-corrected chi connectivity index (χ3v) is 10.4. The summed E-state index contributed by atoms with van der Waals surface area (Å²) < 4.78 is 21.1. The first-order chi connectivity index (χ1) is 26.9. The minimum Gasteiger partial charge on any atom is -0.657 e. The molecule has 0 saturated carbocycles. The molecule has 308 valence electrons. The van der Waals surface area contributed by atoms with E-state index in [-0.39, 0.29) is 70.6 Å². The second-order valence-corrected chi connectivity index (χ2v) is 13.9. The number of hydrogen-bond acceptors (Lipinski definition) is 11. The Kier molecular flexibility index (Phi) is 16.3. The molecule has 4 aliphatic rings. The molecule has 0 aromatic carbocycles. The summed E-state index contributed by atoms with van der Waals surface area (Å²) in [6.45, 7) is 16.3. The van der Waals surface area contributed by atoms with E-state index in [1.165, 1.54) is 0 Å². The van der Waals surface area contributed by atoms with Crippen molar-refractivity contribution in [1.29, 1.82) is 0 Å². The van der Waals surface area contributed by atoms with E-state index in [1.807, 2.05) is 52.0 Å². The largest absolute Gasteiger partial charge is 0.657 e. The molecule has 0 spiro atoms. The summed E-state index contributed by atoms with van der Waals surface area (Å²) in [6, 6.07) is -0.423. The first kappa shape index (κ1) is 45.0. The molecular formula is C44H53N4O8Pt-. The zero-order valence-corrected chi connectivity index (χ0v) is 36.5. The Morgan fingerprint density at radius 2 is 1.09 bits per heavy atom. The molecule has 0 aliphatic carbocycles. The van der Waals surface area contributed by atoms with Crippen LogP contribution in [0.2, 0.25) is 0 Å². The summed E-state index contributed by atoms with van der Waals surface area (Å²) >= 11 is 0. The number of esters is 4. The Hall–Kier alpha value is -4.70. The number of ether oxygens (including phenoxy) is 4. The summed E-state index contributed by atoms with van der Waals surface area (Å²) in [7, 11) is 0. The Balaban J connectivity index is 0.00000720. The van der Waals surface area contributed by atoms with Gasteiger partial charge in [0, 0.05) is 46.7 Å². The van der Waals surface area contributed by atoms with Gasteiger partial charge in [0.15, 0.2) is 0 Å². The molecule has 5 rings (SSSR count). The van der Waals surface area contributed by atoms with Gasteiger partial charge in [0.25, 0.3) is 0 Å². The van der Waals surface area contributed by atoms with Crippen LogP contribution in [-0.4, -0.2) is 73.5 Å². The Morgan fingerprint density at radius 1 is 0.579 bits per heavy atom. The third kappa shape index (κ3) is 10.8. The van der Waals surface area contributed by atoms with E-state index in [0.29, 0.717) is 79.9 Å². The normalized spacial score (nSPS) is 20.1. The molecule has 0 radical (unpaired) electrons. The molecule has 0 fully saturated rings. The van der Waals surface area contributed by atoms with Crippen LogP contribution >= 0.6 is 0 Å². The van der Waals surface area contributed by atoms with E-state index in [9.17, 15) is 19.2 Å². The smallest absolute Gasteiger partial charge is 0.306 e. The van der Waals surface area contributed by atoms with Crippen LogP contribution in [0.1, 0.15) is 105 Å². The van der Waals surface area contributed by atoms with Gasteiger partial charge in [0.2, 0.25) is 0 Å². The van der Waals surface area contributed by atoms with Gasteiger partial charge in [-0.05, 0) is 127 Å². The minimum atomic E-state index is -0.423. The maximum atomic E-state index is 12.6. The molecule has 1 unspecified atom stereocenters. The van der Waals surface area contributed by atoms with Crippen LogP contribution in [0.5, 0.6) is 0 Å². The van der Waals surface area contributed by atoms with Crippen LogP contribution in [0.25, 0.3) is 12.2 Å². The number of hydrogen-bond donors (Lipinski definition) is 0. The first-order valence-electron chi connectivity index (χ1n) is 19.7. The van der Waals surface area contributed by atoms with Crippen LogP contribution in [0.15, 0.2) is 72.0 Å². The van der Waals surface area contributed by atoms with Crippen molar-refractivity contribution in [3.63, 3.8) is 0 Å². The fourth-order valence-corrected chi connectivity index (χ4v) is 7.35. The topological polar surface area (TPSA) is 156 Å². The molecule has 4 aliphatic heterocycles. The molecular weight excluding hydrogens is 908 g/mol. The Labute approximate surface area is 349 Å². The van der Waals surface area contributed by atoms with Crippen molar-refractivity contribution >= 4 is 53.2 Å². The van der Waals surface area contributed by atoms with Gasteiger partial charge in [0.1, 0.15) is 0 Å². The van der Waals surface area contributed by atoms with E-state index in [0.717, 1.165) is 56.0 Å². The summed E-state index contributed by atoms with van der Waals surface area (Å²) in [6.07, 6.45) is 10.3. The van der Waals surface area contributed by atoms with Gasteiger partial charge >= 0.3 is 23.9 Å². The van der Waals surface area contributed by atoms with Gasteiger partial charge in [-0.3, -0.25) is 24.2 Å². The number of aromatic nitrogens is 1. The maximum Gasteiger partial charge on any atom is 0.306 e. The average Bonchev–Trinajstić information content (AvgIpc) is 3.81. The van der Waals surface area contributed by atoms with E-state index in [1.54, 1.807) is 27.7 Å². The van der Waals surface area contributed by atoms with Gasteiger partial charge < -0.3 is 23.9 Å². The number of allylic oxidation sites excluding steroid dienone is 6. The summed E-state index contributed by atoms with van der Waals surface area (Å²) in [5, 5.41) is 1.36. The van der Waals surface area contributed by atoms with Gasteiger partial charge in [-0.1, -0.05) is 23.3 Å². The quantitative estimate of drug-likeness (QED) is 0.154. The van der Waals surface area contributed by atoms with Crippen molar-refractivity contribution in [3.05, 3.63) is 78.8 Å². The van der Waals surface area contributed by atoms with Gasteiger partial charge in [-0.25, -0.2) is 9.98 Å². The minimum absolute atomic E-state index is 0. The van der Waals surface area contributed by atoms with Crippen LogP contribution in [0, 0.1) is 6.92 Å². The van der Waals surface area contributed by atoms with Crippen molar-refractivity contribution < 1.29 is 59.2 Å². The van der Waals surface area contributed by atoms with Crippen molar-refractivity contribution in [1.82, 2.24) is 4.98 Å². The number of carbonyl (C=O) groups is 4. The van der Waals surface area contributed by atoms with E-state index in [2.05, 4.69) is 0 Å². The maximum absolute atomic E-state index is 12.6. The van der Waals surface area contributed by atoms with Crippen LogP contribution in [0.4, 0.5) is 0 Å². The summed E-state index contributed by atoms with van der Waals surface area (Å²) in [5.41, 5.74) is 10.8. The molecule has 57 heavy (non-hydrogen) atoms. The molecule has 1 aromatic heterocycles. The van der Waals surface area contributed by atoms with Crippen LogP contribution < -0.4 is 15.7 Å². The molecule has 0 amide bonds. The standard InChI is InChI=1S/C44H53N4O8.Pt/c1-9-53-41(49)17-13-29-25(5)33-22-38-31(15-19-43(51)55-11-3)27(7)35(47-38)24-40-32(16-20-44(52)56-12-4)28(8)36(48-40)23-39-30(14-18-42(50)54-10-2)26(6)34(46-39)21-37(29)45-33;/h21-24,37H,9-20H2,1-8H3;/q-1;/b34-21-;. The van der Waals surface area contributed by atoms with E-state index < -0.39 is 6.04 Å². The van der Waals surface area contributed by atoms with E-state index >= 15 is 0 Å². The number of carbonyl (C=O) groups excluding carboxylic acids is 4. The molecule has 5 heterocycles. The first-order valence-corrected chi connectivity index (χ1v) is 19.7. The van der Waals surface area contributed by atoms with Crippen molar-refractivity contribution in [2.75, 3.05) is 26.4 Å². The predicted molar refractivity (Wildman–Crippen MR) is 216 cm³/mol. The molecule has 1 atom stereocenters. The second-order valence-electron chi connectivity index (χ2n) is 13.9. The summed E-state index contributed by atoms with van der Waals surface area (Å²) in [4.78, 5) is 70.8. The molecule has 0 saturated heterocycles. The van der Waals surface area contributed by atoms with Crippen molar-refractivity contribution in [2.24, 2.45) is 15.0 Å². The molecule has 8 bridgehead atoms. The second kappa shape index (κ2) is 20.6. The Bertz CT molecular complexity index is 2180. The van der Waals surface area contributed by atoms with Gasteiger partial charge in [0.05, 0.1) is 61.0 Å². The van der Waals surface area contributed by atoms with Crippen molar-refractivity contribution in [2.45, 2.75) is 113 Å². The monoisotopic (exact) mass is 960 g/mol. The van der Waals surface area contributed by atoms with Crippen molar-refractivity contribution in [3.8, 4) is 0 Å². The predicted octanol–water partition coefficient (Wildman–Crippen LogP) is 5.50. The molecule has 0 N–H and O–H groups in total. The zero-order valence-electron chi connectivity index (χ0n) is 34.2. The number of rotatable bonds is 16. The van der Waals surface area contributed by atoms with Gasteiger partial charge in [-0.2, -0.15) is 0 Å². The van der Waals surface area contributed by atoms with Crippen LogP contribution in [-0.2, 0) is 65.6 Å². The number of fused-ring (bicyclic) bond motifs is 5. The Morgan fingerprint density at radius 3 is 1.67 bits per heavy atom. The number of aliphatic imine (C=N–C) groups is 3. The van der Waals surface area contributed by atoms with E-state index in [4.69, 9.17) is 38.9 Å². The average molecular weight is 961 g/mol. The molecule has 13 heteroatoms. The fraction of sp³-hybridized carbons (Fsp3) is 0.477. The summed E-state index contributed by atoms with van der Waals surface area (Å²) in [5.74, 6) is -1.15. The molecule has 12 nitrogen and oxygen atoms in total. The third-order valence-electron chi connectivity index (χ3n) is 10.4. The molecule has 1 aromatic rings. The van der Waals surface area contributed by atoms with Gasteiger partial charge in [-0.15, -0.1) is 10.7 Å². The fourth-order valence-electron chi connectivity index (χ4n) is 7.35. The van der Waals surface area contributed by atoms with Crippen LogP contribution in [0.3, 0.4) is 0 Å².